The van der Waals surface area contributed by atoms with Crippen molar-refractivity contribution in [3.8, 4) is 0 Å². The predicted molar refractivity (Wildman–Crippen MR) is 83.9 cm³/mol. The molecule has 1 aromatic rings. The summed E-state index contributed by atoms with van der Waals surface area (Å²) in [7, 11) is 0. The minimum Gasteiger partial charge on any atom is -0.345 e. The van der Waals surface area contributed by atoms with Gasteiger partial charge in [-0.2, -0.15) is 0 Å². The average molecular weight is 281 g/mol. The standard InChI is InChI=1S/C15H27N3S/c1-11-6-7-12(2)18(10-11)14-16-8-13(19-14)9-17-15(3,4)5/h8,11-12,17H,6-7,9-10H2,1-5H3. The van der Waals surface area contributed by atoms with Gasteiger partial charge in [0.1, 0.15) is 0 Å². The Morgan fingerprint density at radius 3 is 2.79 bits per heavy atom. The van der Waals surface area contributed by atoms with E-state index >= 15 is 0 Å². The smallest absolute Gasteiger partial charge is 0.185 e. The third kappa shape index (κ3) is 4.18. The molecule has 1 saturated heterocycles. The summed E-state index contributed by atoms with van der Waals surface area (Å²) in [6.07, 6.45) is 4.67. The molecule has 19 heavy (non-hydrogen) atoms. The SMILES string of the molecule is CC1CCC(C)N(c2ncc(CNC(C)(C)C)s2)C1. The first-order valence-corrected chi connectivity index (χ1v) is 8.13. The summed E-state index contributed by atoms with van der Waals surface area (Å²) in [5.41, 5.74) is 0.164. The van der Waals surface area contributed by atoms with Crippen LogP contribution in [0.1, 0.15) is 52.3 Å². The summed E-state index contributed by atoms with van der Waals surface area (Å²) >= 11 is 1.84. The van der Waals surface area contributed by atoms with E-state index in [1.165, 1.54) is 22.9 Å². The third-order valence-electron chi connectivity index (χ3n) is 3.70. The van der Waals surface area contributed by atoms with Crippen molar-refractivity contribution in [2.75, 3.05) is 11.4 Å². The molecule has 0 spiro atoms. The summed E-state index contributed by atoms with van der Waals surface area (Å²) in [6.45, 7) is 13.3. The fraction of sp³-hybridized carbons (Fsp3) is 0.800. The summed E-state index contributed by atoms with van der Waals surface area (Å²) < 4.78 is 0. The second-order valence-corrected chi connectivity index (χ2v) is 7.99. The summed E-state index contributed by atoms with van der Waals surface area (Å²) in [5.74, 6) is 0.788. The van der Waals surface area contributed by atoms with Gasteiger partial charge in [-0.3, -0.25) is 0 Å². The Bertz CT molecular complexity index is 408. The van der Waals surface area contributed by atoms with Gasteiger partial charge in [-0.05, 0) is 46.5 Å². The van der Waals surface area contributed by atoms with E-state index in [-0.39, 0.29) is 5.54 Å². The Morgan fingerprint density at radius 1 is 1.37 bits per heavy atom. The first kappa shape index (κ1) is 14.8. The van der Waals surface area contributed by atoms with Crippen LogP contribution in [0.15, 0.2) is 6.20 Å². The van der Waals surface area contributed by atoms with Crippen LogP contribution in [0.5, 0.6) is 0 Å². The first-order chi connectivity index (χ1) is 8.85. The summed E-state index contributed by atoms with van der Waals surface area (Å²) in [5, 5.41) is 4.73. The van der Waals surface area contributed by atoms with Crippen LogP contribution in [0, 0.1) is 5.92 Å². The van der Waals surface area contributed by atoms with Gasteiger partial charge >= 0.3 is 0 Å². The molecule has 1 fully saturated rings. The van der Waals surface area contributed by atoms with E-state index in [0.717, 1.165) is 19.0 Å². The molecule has 1 aliphatic rings. The molecule has 2 heterocycles. The minimum atomic E-state index is 0.164. The van der Waals surface area contributed by atoms with Gasteiger partial charge in [0.25, 0.3) is 0 Å². The number of nitrogens with one attached hydrogen (secondary N) is 1. The maximum atomic E-state index is 4.63. The Labute approximate surface area is 121 Å². The highest BCUT2D eigenvalue weighted by molar-refractivity contribution is 7.15. The molecule has 2 unspecified atom stereocenters. The third-order valence-corrected chi connectivity index (χ3v) is 4.73. The molecule has 1 aliphatic heterocycles. The van der Waals surface area contributed by atoms with Gasteiger partial charge in [0.05, 0.1) is 0 Å². The van der Waals surface area contributed by atoms with Gasteiger partial charge in [-0.15, -0.1) is 11.3 Å². The van der Waals surface area contributed by atoms with Crippen molar-refractivity contribution < 1.29 is 0 Å². The fourth-order valence-electron chi connectivity index (χ4n) is 2.42. The molecule has 0 saturated carbocycles. The van der Waals surface area contributed by atoms with Crippen LogP contribution < -0.4 is 10.2 Å². The van der Waals surface area contributed by atoms with Crippen molar-refractivity contribution in [1.82, 2.24) is 10.3 Å². The molecular formula is C15H27N3S. The lowest BCUT2D eigenvalue weighted by atomic mass is 9.96. The predicted octanol–water partition coefficient (Wildman–Crippen LogP) is 3.66. The van der Waals surface area contributed by atoms with Gasteiger partial charge < -0.3 is 10.2 Å². The fourth-order valence-corrected chi connectivity index (χ4v) is 3.38. The van der Waals surface area contributed by atoms with Gasteiger partial charge in [0.2, 0.25) is 0 Å². The van der Waals surface area contributed by atoms with E-state index < -0.39 is 0 Å². The van der Waals surface area contributed by atoms with Gasteiger partial charge in [-0.1, -0.05) is 6.92 Å². The lowest BCUT2D eigenvalue weighted by molar-refractivity contribution is 0.390. The van der Waals surface area contributed by atoms with Gasteiger partial charge in [0, 0.05) is 35.7 Å². The maximum absolute atomic E-state index is 4.63. The lowest BCUT2D eigenvalue weighted by Crippen LogP contribution is -2.41. The molecule has 2 atom stereocenters. The van der Waals surface area contributed by atoms with Crippen LogP contribution in [0.2, 0.25) is 0 Å². The van der Waals surface area contributed by atoms with Crippen LogP contribution in [-0.4, -0.2) is 23.1 Å². The highest BCUT2D eigenvalue weighted by Gasteiger charge is 2.25. The van der Waals surface area contributed by atoms with Crippen molar-refractivity contribution >= 4 is 16.5 Å². The summed E-state index contributed by atoms with van der Waals surface area (Å²) in [4.78, 5) is 8.44. The van der Waals surface area contributed by atoms with E-state index in [1.54, 1.807) is 0 Å². The number of hydrogen-bond acceptors (Lipinski definition) is 4. The number of thiazole rings is 1. The number of rotatable bonds is 3. The van der Waals surface area contributed by atoms with Crippen LogP contribution >= 0.6 is 11.3 Å². The van der Waals surface area contributed by atoms with E-state index in [0.29, 0.717) is 6.04 Å². The molecule has 3 nitrogen and oxygen atoms in total. The van der Waals surface area contributed by atoms with Crippen LogP contribution in [0.3, 0.4) is 0 Å². The number of hydrogen-bond donors (Lipinski definition) is 1. The first-order valence-electron chi connectivity index (χ1n) is 7.31. The van der Waals surface area contributed by atoms with Crippen LogP contribution in [0.4, 0.5) is 5.13 Å². The quantitative estimate of drug-likeness (QED) is 0.916. The topological polar surface area (TPSA) is 28.2 Å². The van der Waals surface area contributed by atoms with Crippen LogP contribution in [-0.2, 0) is 6.54 Å². The van der Waals surface area contributed by atoms with Crippen molar-refractivity contribution in [2.45, 2.75) is 65.6 Å². The van der Waals surface area contributed by atoms with Crippen molar-refractivity contribution in [2.24, 2.45) is 5.92 Å². The Hall–Kier alpha value is -0.610. The van der Waals surface area contributed by atoms with E-state index in [4.69, 9.17) is 0 Å². The Kier molecular flexibility index (Phi) is 4.51. The largest absolute Gasteiger partial charge is 0.345 e. The molecule has 0 aromatic carbocycles. The zero-order chi connectivity index (χ0) is 14.0. The molecule has 1 N–H and O–H groups in total. The van der Waals surface area contributed by atoms with Crippen LogP contribution in [0.25, 0.3) is 0 Å². The Morgan fingerprint density at radius 2 is 2.11 bits per heavy atom. The van der Waals surface area contributed by atoms with Crippen molar-refractivity contribution in [1.29, 1.82) is 0 Å². The molecule has 2 rings (SSSR count). The van der Waals surface area contributed by atoms with Crippen molar-refractivity contribution in [3.63, 3.8) is 0 Å². The average Bonchev–Trinajstić information content (AvgIpc) is 2.77. The molecule has 108 valence electrons. The zero-order valence-electron chi connectivity index (χ0n) is 12.9. The second kappa shape index (κ2) is 5.80. The second-order valence-electron chi connectivity index (χ2n) is 6.90. The Balaban J connectivity index is 1.99. The molecule has 0 amide bonds. The number of piperidine rings is 1. The molecule has 0 radical (unpaired) electrons. The number of anilines is 1. The number of aromatic nitrogens is 1. The molecule has 0 aliphatic carbocycles. The summed E-state index contributed by atoms with van der Waals surface area (Å²) in [6, 6.07) is 0.630. The molecule has 1 aromatic heterocycles. The van der Waals surface area contributed by atoms with E-state index in [2.05, 4.69) is 49.8 Å². The monoisotopic (exact) mass is 281 g/mol. The van der Waals surface area contributed by atoms with Crippen molar-refractivity contribution in [3.05, 3.63) is 11.1 Å². The zero-order valence-corrected chi connectivity index (χ0v) is 13.7. The normalized spacial score (nSPS) is 24.8. The van der Waals surface area contributed by atoms with E-state index in [1.807, 2.05) is 17.5 Å². The minimum absolute atomic E-state index is 0.164. The lowest BCUT2D eigenvalue weighted by Gasteiger charge is -2.36. The van der Waals surface area contributed by atoms with Gasteiger partial charge in [0.15, 0.2) is 5.13 Å². The van der Waals surface area contributed by atoms with Gasteiger partial charge in [-0.25, -0.2) is 4.98 Å². The molecule has 4 heteroatoms. The molecular weight excluding hydrogens is 254 g/mol. The molecule has 0 bridgehead atoms. The highest BCUT2D eigenvalue weighted by atomic mass is 32.1. The number of nitrogens with zero attached hydrogens (tertiary/aromatic N) is 2. The van der Waals surface area contributed by atoms with E-state index in [9.17, 15) is 0 Å². The highest BCUT2D eigenvalue weighted by Crippen LogP contribution is 2.30. The maximum Gasteiger partial charge on any atom is 0.185 e.